The second kappa shape index (κ2) is 4.82. The molecule has 0 saturated carbocycles. The Kier molecular flexibility index (Phi) is 3.22. The molecule has 2 heterocycles. The topological polar surface area (TPSA) is 98.7 Å². The van der Waals surface area contributed by atoms with Crippen LogP contribution < -0.4 is 11.1 Å². The van der Waals surface area contributed by atoms with E-state index >= 15 is 0 Å². The molecule has 2 rings (SSSR count). The fourth-order valence-corrected chi connectivity index (χ4v) is 1.52. The van der Waals surface area contributed by atoms with Gasteiger partial charge in [-0.15, -0.1) is 0 Å². The van der Waals surface area contributed by atoms with E-state index in [1.165, 1.54) is 0 Å². The summed E-state index contributed by atoms with van der Waals surface area (Å²) >= 11 is 0. The number of aryl methyl sites for hydroxylation is 2. The molecule has 94 valence electrons. The van der Waals surface area contributed by atoms with E-state index in [0.29, 0.717) is 12.2 Å². The van der Waals surface area contributed by atoms with E-state index in [4.69, 9.17) is 5.73 Å². The SMILES string of the molecule is Cc1cc(C(=O)NCc2nccn2C)nc(N)n1. The van der Waals surface area contributed by atoms with Crippen molar-refractivity contribution in [2.75, 3.05) is 5.73 Å². The maximum Gasteiger partial charge on any atom is 0.270 e. The maximum atomic E-state index is 11.9. The second-order valence-corrected chi connectivity index (χ2v) is 3.89. The lowest BCUT2D eigenvalue weighted by Gasteiger charge is -2.05. The first-order valence-electron chi connectivity index (χ1n) is 5.42. The highest BCUT2D eigenvalue weighted by molar-refractivity contribution is 5.92. The van der Waals surface area contributed by atoms with Crippen molar-refractivity contribution < 1.29 is 4.79 Å². The number of nitrogens with one attached hydrogen (secondary N) is 1. The smallest absolute Gasteiger partial charge is 0.270 e. The molecule has 0 spiro atoms. The zero-order valence-corrected chi connectivity index (χ0v) is 10.2. The van der Waals surface area contributed by atoms with Crippen LogP contribution in [0, 0.1) is 6.92 Å². The van der Waals surface area contributed by atoms with Crippen molar-refractivity contribution in [2.24, 2.45) is 7.05 Å². The minimum Gasteiger partial charge on any atom is -0.368 e. The molecule has 3 N–H and O–H groups in total. The summed E-state index contributed by atoms with van der Waals surface area (Å²) in [5.41, 5.74) is 6.41. The van der Waals surface area contributed by atoms with Gasteiger partial charge in [-0.1, -0.05) is 0 Å². The number of imidazole rings is 1. The van der Waals surface area contributed by atoms with Crippen molar-refractivity contribution in [3.8, 4) is 0 Å². The van der Waals surface area contributed by atoms with Gasteiger partial charge in [0.1, 0.15) is 11.5 Å². The summed E-state index contributed by atoms with van der Waals surface area (Å²) in [6.07, 6.45) is 3.49. The highest BCUT2D eigenvalue weighted by atomic mass is 16.1. The number of rotatable bonds is 3. The minimum absolute atomic E-state index is 0.0946. The molecule has 0 saturated heterocycles. The average molecular weight is 246 g/mol. The van der Waals surface area contributed by atoms with Crippen molar-refractivity contribution >= 4 is 11.9 Å². The summed E-state index contributed by atoms with van der Waals surface area (Å²) in [5.74, 6) is 0.564. The number of nitrogen functional groups attached to an aromatic ring is 1. The van der Waals surface area contributed by atoms with Crippen LogP contribution in [0.15, 0.2) is 18.5 Å². The monoisotopic (exact) mass is 246 g/mol. The Morgan fingerprint density at radius 1 is 1.50 bits per heavy atom. The third kappa shape index (κ3) is 2.62. The first-order valence-corrected chi connectivity index (χ1v) is 5.42. The Balaban J connectivity index is 2.06. The number of carbonyl (C=O) groups excluding carboxylic acids is 1. The Morgan fingerprint density at radius 3 is 2.89 bits per heavy atom. The van der Waals surface area contributed by atoms with E-state index in [-0.39, 0.29) is 17.5 Å². The highest BCUT2D eigenvalue weighted by Crippen LogP contribution is 2.02. The summed E-state index contributed by atoms with van der Waals surface area (Å²) in [7, 11) is 1.86. The first-order chi connectivity index (χ1) is 8.56. The van der Waals surface area contributed by atoms with Crippen molar-refractivity contribution in [3.63, 3.8) is 0 Å². The fourth-order valence-electron chi connectivity index (χ4n) is 1.52. The van der Waals surface area contributed by atoms with Crippen molar-refractivity contribution in [2.45, 2.75) is 13.5 Å². The molecule has 0 aliphatic heterocycles. The van der Waals surface area contributed by atoms with Gasteiger partial charge in [-0.25, -0.2) is 15.0 Å². The van der Waals surface area contributed by atoms with Crippen LogP contribution in [0.5, 0.6) is 0 Å². The number of nitrogens with zero attached hydrogens (tertiary/aromatic N) is 4. The normalized spacial score (nSPS) is 10.3. The van der Waals surface area contributed by atoms with Crippen molar-refractivity contribution in [1.29, 1.82) is 0 Å². The average Bonchev–Trinajstić information content (AvgIpc) is 2.70. The van der Waals surface area contributed by atoms with Crippen LogP contribution in [0.1, 0.15) is 22.0 Å². The molecule has 0 aromatic carbocycles. The number of nitrogens with two attached hydrogens (primary N) is 1. The quantitative estimate of drug-likeness (QED) is 0.796. The molecule has 0 aliphatic rings. The van der Waals surface area contributed by atoms with Gasteiger partial charge in [0, 0.05) is 25.1 Å². The maximum absolute atomic E-state index is 11.9. The summed E-state index contributed by atoms with van der Waals surface area (Å²) in [6.45, 7) is 2.10. The Labute approximate surface area is 104 Å². The summed E-state index contributed by atoms with van der Waals surface area (Å²) in [5, 5.41) is 2.73. The van der Waals surface area contributed by atoms with Gasteiger partial charge in [0.25, 0.3) is 5.91 Å². The Hall–Kier alpha value is -2.44. The lowest BCUT2D eigenvalue weighted by Crippen LogP contribution is -2.25. The molecular formula is C11H14N6O. The number of carbonyl (C=O) groups is 1. The lowest BCUT2D eigenvalue weighted by atomic mass is 10.3. The number of hydrogen-bond donors (Lipinski definition) is 2. The van der Waals surface area contributed by atoms with Crippen molar-refractivity contribution in [3.05, 3.63) is 35.7 Å². The molecular weight excluding hydrogens is 232 g/mol. The third-order valence-corrected chi connectivity index (χ3v) is 2.43. The van der Waals surface area contributed by atoms with Crippen LogP contribution >= 0.6 is 0 Å². The summed E-state index contributed by atoms with van der Waals surface area (Å²) in [6, 6.07) is 1.59. The predicted molar refractivity (Wildman–Crippen MR) is 65.6 cm³/mol. The highest BCUT2D eigenvalue weighted by Gasteiger charge is 2.10. The zero-order chi connectivity index (χ0) is 13.1. The lowest BCUT2D eigenvalue weighted by molar-refractivity contribution is 0.0944. The van der Waals surface area contributed by atoms with Gasteiger partial charge in [0.15, 0.2) is 0 Å². The molecule has 7 heteroatoms. The van der Waals surface area contributed by atoms with Crippen LogP contribution in [0.25, 0.3) is 0 Å². The minimum atomic E-state index is -0.296. The fraction of sp³-hybridized carbons (Fsp3) is 0.273. The number of anilines is 1. The molecule has 0 unspecified atom stereocenters. The van der Waals surface area contributed by atoms with Crippen LogP contribution in [-0.4, -0.2) is 25.4 Å². The molecule has 0 radical (unpaired) electrons. The number of aromatic nitrogens is 4. The van der Waals surface area contributed by atoms with E-state index in [1.54, 1.807) is 19.2 Å². The Bertz CT molecular complexity index is 556. The molecule has 2 aromatic heterocycles. The summed E-state index contributed by atoms with van der Waals surface area (Å²) in [4.78, 5) is 23.8. The first kappa shape index (κ1) is 12.0. The van der Waals surface area contributed by atoms with Gasteiger partial charge in [-0.05, 0) is 13.0 Å². The second-order valence-electron chi connectivity index (χ2n) is 3.89. The number of amides is 1. The van der Waals surface area contributed by atoms with Gasteiger partial charge in [0.05, 0.1) is 6.54 Å². The molecule has 7 nitrogen and oxygen atoms in total. The van der Waals surface area contributed by atoms with E-state index in [2.05, 4.69) is 20.3 Å². The van der Waals surface area contributed by atoms with E-state index in [9.17, 15) is 4.79 Å². The molecule has 2 aromatic rings. The zero-order valence-electron chi connectivity index (χ0n) is 10.2. The van der Waals surface area contributed by atoms with Gasteiger partial charge in [-0.3, -0.25) is 4.79 Å². The van der Waals surface area contributed by atoms with Crippen LogP contribution in [0.3, 0.4) is 0 Å². The molecule has 18 heavy (non-hydrogen) atoms. The standard InChI is InChI=1S/C11H14N6O/c1-7-5-8(16-11(12)15-7)10(18)14-6-9-13-3-4-17(9)2/h3-5H,6H2,1-2H3,(H,14,18)(H2,12,15,16). The van der Waals surface area contributed by atoms with E-state index in [1.807, 2.05) is 17.8 Å². The number of hydrogen-bond acceptors (Lipinski definition) is 5. The molecule has 0 atom stereocenters. The molecule has 0 bridgehead atoms. The Morgan fingerprint density at radius 2 is 2.28 bits per heavy atom. The van der Waals surface area contributed by atoms with Crippen LogP contribution in [-0.2, 0) is 13.6 Å². The van der Waals surface area contributed by atoms with Gasteiger partial charge in [0.2, 0.25) is 5.95 Å². The van der Waals surface area contributed by atoms with Gasteiger partial charge >= 0.3 is 0 Å². The van der Waals surface area contributed by atoms with Crippen LogP contribution in [0.4, 0.5) is 5.95 Å². The van der Waals surface area contributed by atoms with Crippen LogP contribution in [0.2, 0.25) is 0 Å². The molecule has 0 aliphatic carbocycles. The van der Waals surface area contributed by atoms with Gasteiger partial charge < -0.3 is 15.6 Å². The van der Waals surface area contributed by atoms with E-state index < -0.39 is 0 Å². The largest absolute Gasteiger partial charge is 0.368 e. The molecule has 1 amide bonds. The molecule has 0 fully saturated rings. The van der Waals surface area contributed by atoms with E-state index in [0.717, 1.165) is 5.82 Å². The van der Waals surface area contributed by atoms with Crippen molar-refractivity contribution in [1.82, 2.24) is 24.8 Å². The van der Waals surface area contributed by atoms with Gasteiger partial charge in [-0.2, -0.15) is 0 Å². The predicted octanol–water partition coefficient (Wildman–Crippen LogP) is 0.0307. The summed E-state index contributed by atoms with van der Waals surface area (Å²) < 4.78 is 1.83. The third-order valence-electron chi connectivity index (χ3n) is 2.43.